The van der Waals surface area contributed by atoms with Gasteiger partial charge in [-0.25, -0.2) is 0 Å². The lowest BCUT2D eigenvalue weighted by Gasteiger charge is -2.52. The summed E-state index contributed by atoms with van der Waals surface area (Å²) in [7, 11) is 0. The molecule has 2 aromatic rings. The van der Waals surface area contributed by atoms with E-state index < -0.39 is 5.60 Å². The van der Waals surface area contributed by atoms with E-state index in [1.54, 1.807) is 0 Å². The van der Waals surface area contributed by atoms with Crippen LogP contribution in [0.15, 0.2) is 54.6 Å². The number of hydrogen-bond donors (Lipinski definition) is 1. The van der Waals surface area contributed by atoms with Gasteiger partial charge in [0, 0.05) is 18.6 Å². The standard InChI is InChI=1S/C23H29NO2/c1-17(2)19-8-10-20(11-9-19)23(25)12-21-15-26-16-22(13-23)24(21)14-18-6-4-3-5-7-18/h3-11,17,21-22,25H,12-16H2,1-2H3. The number of rotatable bonds is 4. The Labute approximate surface area is 156 Å². The van der Waals surface area contributed by atoms with E-state index in [2.05, 4.69) is 73.3 Å². The van der Waals surface area contributed by atoms with Crippen LogP contribution in [0.3, 0.4) is 0 Å². The molecule has 3 nitrogen and oxygen atoms in total. The number of morpholine rings is 1. The molecule has 2 aromatic carbocycles. The molecular formula is C23H29NO2. The number of hydrogen-bond acceptors (Lipinski definition) is 3. The Hall–Kier alpha value is -1.68. The normalized spacial score (nSPS) is 29.1. The van der Waals surface area contributed by atoms with Crippen molar-refractivity contribution in [3.8, 4) is 0 Å². The van der Waals surface area contributed by atoms with E-state index in [9.17, 15) is 5.11 Å². The molecule has 138 valence electrons. The van der Waals surface area contributed by atoms with Crippen LogP contribution in [0.5, 0.6) is 0 Å². The molecule has 2 heterocycles. The second-order valence-corrected chi connectivity index (χ2v) is 8.22. The summed E-state index contributed by atoms with van der Waals surface area (Å²) in [5.74, 6) is 0.513. The summed E-state index contributed by atoms with van der Waals surface area (Å²) in [6, 6.07) is 19.7. The molecule has 3 heteroatoms. The number of nitrogens with zero attached hydrogens (tertiary/aromatic N) is 1. The van der Waals surface area contributed by atoms with Gasteiger partial charge in [0.05, 0.1) is 18.8 Å². The van der Waals surface area contributed by atoms with Crippen LogP contribution in [-0.2, 0) is 16.9 Å². The molecule has 2 fully saturated rings. The predicted octanol–water partition coefficient (Wildman–Crippen LogP) is 4.06. The van der Waals surface area contributed by atoms with Gasteiger partial charge < -0.3 is 9.84 Å². The molecule has 0 spiro atoms. The first kappa shape index (κ1) is 17.7. The van der Waals surface area contributed by atoms with Crippen molar-refractivity contribution in [2.24, 2.45) is 0 Å². The molecule has 1 N–H and O–H groups in total. The zero-order chi connectivity index (χ0) is 18.1. The number of fused-ring (bicyclic) bond motifs is 2. The second kappa shape index (κ2) is 7.15. The van der Waals surface area contributed by atoms with E-state index in [0.717, 1.165) is 24.9 Å². The smallest absolute Gasteiger partial charge is 0.0928 e. The van der Waals surface area contributed by atoms with E-state index in [1.807, 2.05) is 0 Å². The highest BCUT2D eigenvalue weighted by Crippen LogP contribution is 2.41. The summed E-state index contributed by atoms with van der Waals surface area (Å²) < 4.78 is 5.83. The summed E-state index contributed by atoms with van der Waals surface area (Å²) in [4.78, 5) is 2.54. The maximum atomic E-state index is 11.5. The van der Waals surface area contributed by atoms with Crippen LogP contribution in [0, 0.1) is 0 Å². The largest absolute Gasteiger partial charge is 0.385 e. The molecule has 4 rings (SSSR count). The lowest BCUT2D eigenvalue weighted by molar-refractivity contribution is -0.149. The summed E-state index contributed by atoms with van der Waals surface area (Å²) in [6.07, 6.45) is 1.47. The third kappa shape index (κ3) is 3.44. The van der Waals surface area contributed by atoms with E-state index in [4.69, 9.17) is 4.74 Å². The topological polar surface area (TPSA) is 32.7 Å². The third-order valence-electron chi connectivity index (χ3n) is 6.03. The first-order valence-corrected chi connectivity index (χ1v) is 9.75. The highest BCUT2D eigenvalue weighted by molar-refractivity contribution is 5.30. The first-order valence-electron chi connectivity index (χ1n) is 9.75. The zero-order valence-electron chi connectivity index (χ0n) is 15.8. The van der Waals surface area contributed by atoms with Crippen molar-refractivity contribution in [2.75, 3.05) is 13.2 Å². The number of piperidine rings is 1. The lowest BCUT2D eigenvalue weighted by Crippen LogP contribution is -2.60. The molecule has 0 amide bonds. The Bertz CT molecular complexity index is 712. The zero-order valence-corrected chi connectivity index (χ0v) is 15.8. The van der Waals surface area contributed by atoms with Crippen LogP contribution in [0.2, 0.25) is 0 Å². The average Bonchev–Trinajstić information content (AvgIpc) is 2.64. The van der Waals surface area contributed by atoms with Gasteiger partial charge >= 0.3 is 0 Å². The minimum Gasteiger partial charge on any atom is -0.385 e. The van der Waals surface area contributed by atoms with Crippen LogP contribution < -0.4 is 0 Å². The molecule has 2 aliphatic heterocycles. The fraction of sp³-hybridized carbons (Fsp3) is 0.478. The molecule has 0 saturated carbocycles. The van der Waals surface area contributed by atoms with E-state index in [0.29, 0.717) is 19.1 Å². The first-order chi connectivity index (χ1) is 12.5. The Morgan fingerprint density at radius 1 is 1.00 bits per heavy atom. The van der Waals surface area contributed by atoms with Gasteiger partial charge in [-0.3, -0.25) is 4.90 Å². The van der Waals surface area contributed by atoms with Gasteiger partial charge in [0.15, 0.2) is 0 Å². The van der Waals surface area contributed by atoms with Crippen LogP contribution in [0.4, 0.5) is 0 Å². The Balaban J connectivity index is 1.55. The quantitative estimate of drug-likeness (QED) is 0.902. The second-order valence-electron chi connectivity index (χ2n) is 8.22. The van der Waals surface area contributed by atoms with Crippen molar-refractivity contribution < 1.29 is 9.84 Å². The van der Waals surface area contributed by atoms with Gasteiger partial charge in [-0.05, 0) is 35.4 Å². The molecule has 2 aliphatic rings. The van der Waals surface area contributed by atoms with E-state index in [1.165, 1.54) is 11.1 Å². The van der Waals surface area contributed by atoms with Gasteiger partial charge in [-0.2, -0.15) is 0 Å². The maximum absolute atomic E-state index is 11.5. The van der Waals surface area contributed by atoms with Crippen LogP contribution in [0.1, 0.15) is 49.3 Å². The monoisotopic (exact) mass is 351 g/mol. The number of aliphatic hydroxyl groups is 1. The summed E-state index contributed by atoms with van der Waals surface area (Å²) in [5, 5.41) is 11.5. The lowest BCUT2D eigenvalue weighted by atomic mass is 9.76. The highest BCUT2D eigenvalue weighted by Gasteiger charge is 2.46. The van der Waals surface area contributed by atoms with Crippen molar-refractivity contribution in [3.05, 3.63) is 71.3 Å². The van der Waals surface area contributed by atoms with Gasteiger partial charge in [-0.15, -0.1) is 0 Å². The molecule has 2 bridgehead atoms. The van der Waals surface area contributed by atoms with Crippen molar-refractivity contribution in [2.45, 2.75) is 56.8 Å². The third-order valence-corrected chi connectivity index (χ3v) is 6.03. The van der Waals surface area contributed by atoms with Crippen molar-refractivity contribution in [1.29, 1.82) is 0 Å². The van der Waals surface area contributed by atoms with Crippen LogP contribution in [-0.4, -0.2) is 35.3 Å². The molecule has 0 aliphatic carbocycles. The van der Waals surface area contributed by atoms with Crippen molar-refractivity contribution in [1.82, 2.24) is 4.90 Å². The molecule has 2 atom stereocenters. The maximum Gasteiger partial charge on any atom is 0.0928 e. The average molecular weight is 351 g/mol. The molecule has 0 aromatic heterocycles. The summed E-state index contributed by atoms with van der Waals surface area (Å²) in [6.45, 7) is 6.74. The fourth-order valence-corrected chi connectivity index (χ4v) is 4.51. The number of benzene rings is 2. The van der Waals surface area contributed by atoms with Gasteiger partial charge in [0.25, 0.3) is 0 Å². The minimum absolute atomic E-state index is 0.262. The molecule has 26 heavy (non-hydrogen) atoms. The molecule has 2 saturated heterocycles. The van der Waals surface area contributed by atoms with Crippen LogP contribution >= 0.6 is 0 Å². The minimum atomic E-state index is -0.748. The van der Waals surface area contributed by atoms with Gasteiger partial charge in [-0.1, -0.05) is 68.4 Å². The van der Waals surface area contributed by atoms with Crippen LogP contribution in [0.25, 0.3) is 0 Å². The van der Waals surface area contributed by atoms with Gasteiger partial charge in [0.2, 0.25) is 0 Å². The Kier molecular flexibility index (Phi) is 4.87. The Morgan fingerprint density at radius 2 is 1.62 bits per heavy atom. The Morgan fingerprint density at radius 3 is 2.19 bits per heavy atom. The van der Waals surface area contributed by atoms with E-state index in [-0.39, 0.29) is 12.1 Å². The molecule has 0 radical (unpaired) electrons. The number of ether oxygens (including phenoxy) is 1. The van der Waals surface area contributed by atoms with E-state index >= 15 is 0 Å². The summed E-state index contributed by atoms with van der Waals surface area (Å²) >= 11 is 0. The molecule has 2 unspecified atom stereocenters. The summed E-state index contributed by atoms with van der Waals surface area (Å²) in [5.41, 5.74) is 2.96. The predicted molar refractivity (Wildman–Crippen MR) is 104 cm³/mol. The molecular weight excluding hydrogens is 322 g/mol. The van der Waals surface area contributed by atoms with Crippen molar-refractivity contribution >= 4 is 0 Å². The van der Waals surface area contributed by atoms with Gasteiger partial charge in [0.1, 0.15) is 0 Å². The SMILES string of the molecule is CC(C)c1ccc(C2(O)CC3COCC(C2)N3Cc2ccccc2)cc1. The van der Waals surface area contributed by atoms with Crippen molar-refractivity contribution in [3.63, 3.8) is 0 Å². The highest BCUT2D eigenvalue weighted by atomic mass is 16.5. The fourth-order valence-electron chi connectivity index (χ4n) is 4.51.